The van der Waals surface area contributed by atoms with Crippen molar-refractivity contribution in [1.29, 1.82) is 5.26 Å². The van der Waals surface area contributed by atoms with Crippen molar-refractivity contribution in [1.82, 2.24) is 0 Å². The number of nitriles is 1. The maximum atomic E-state index is 12.3. The van der Waals surface area contributed by atoms with E-state index in [4.69, 9.17) is 10.00 Å². The van der Waals surface area contributed by atoms with Crippen molar-refractivity contribution >= 4 is 21.4 Å². The lowest BCUT2D eigenvalue weighted by atomic mass is 10.2. The van der Waals surface area contributed by atoms with Gasteiger partial charge >= 0.3 is 0 Å². The second-order valence-electron chi connectivity index (χ2n) is 4.38. The molecule has 23 heavy (non-hydrogen) atoms. The van der Waals surface area contributed by atoms with E-state index in [-0.39, 0.29) is 22.0 Å². The van der Waals surface area contributed by atoms with Crippen LogP contribution >= 0.6 is 0 Å². The Labute approximate surface area is 132 Å². The molecule has 0 saturated heterocycles. The maximum absolute atomic E-state index is 12.3. The molecule has 0 bridgehead atoms. The van der Waals surface area contributed by atoms with Crippen molar-refractivity contribution in [3.8, 4) is 11.8 Å². The minimum absolute atomic E-state index is 0.0499. The van der Waals surface area contributed by atoms with Crippen molar-refractivity contribution in [2.45, 2.75) is 4.90 Å². The smallest absolute Gasteiger partial charge is 0.271 e. The highest BCUT2D eigenvalue weighted by Crippen LogP contribution is 2.30. The van der Waals surface area contributed by atoms with E-state index in [9.17, 15) is 18.5 Å². The molecule has 0 unspecified atom stereocenters. The summed E-state index contributed by atoms with van der Waals surface area (Å²) in [5, 5.41) is 19.5. The molecule has 1 N–H and O–H groups in total. The van der Waals surface area contributed by atoms with Crippen LogP contribution < -0.4 is 9.46 Å². The number of nitrogens with zero attached hydrogens (tertiary/aromatic N) is 2. The number of nitro benzene ring substituents is 1. The van der Waals surface area contributed by atoms with Crippen LogP contribution in [0.3, 0.4) is 0 Å². The van der Waals surface area contributed by atoms with Crippen LogP contribution in [-0.2, 0) is 10.0 Å². The summed E-state index contributed by atoms with van der Waals surface area (Å²) in [4.78, 5) is 10.1. The van der Waals surface area contributed by atoms with Gasteiger partial charge in [0.05, 0.1) is 34.2 Å². The Morgan fingerprint density at radius 3 is 2.39 bits per heavy atom. The molecule has 0 heterocycles. The van der Waals surface area contributed by atoms with Gasteiger partial charge in [0.25, 0.3) is 15.7 Å². The average Bonchev–Trinajstić information content (AvgIpc) is 2.54. The number of non-ortho nitro benzene ring substituents is 1. The summed E-state index contributed by atoms with van der Waals surface area (Å²) in [6.45, 7) is 0. The molecule has 0 fully saturated rings. The van der Waals surface area contributed by atoms with Gasteiger partial charge in [-0.05, 0) is 30.3 Å². The van der Waals surface area contributed by atoms with Gasteiger partial charge in [0, 0.05) is 12.1 Å². The monoisotopic (exact) mass is 333 g/mol. The van der Waals surface area contributed by atoms with Gasteiger partial charge in [0.1, 0.15) is 5.75 Å². The molecular formula is C14H11N3O5S. The zero-order valence-corrected chi connectivity index (χ0v) is 12.7. The predicted octanol–water partition coefficient (Wildman–Crippen LogP) is 2.28. The highest BCUT2D eigenvalue weighted by molar-refractivity contribution is 7.92. The molecule has 0 amide bonds. The molecule has 2 aromatic rings. The van der Waals surface area contributed by atoms with E-state index in [2.05, 4.69) is 4.72 Å². The van der Waals surface area contributed by atoms with E-state index in [1.165, 1.54) is 43.5 Å². The summed E-state index contributed by atoms with van der Waals surface area (Å²) < 4.78 is 31.9. The highest BCUT2D eigenvalue weighted by atomic mass is 32.2. The summed E-state index contributed by atoms with van der Waals surface area (Å²) in [5.41, 5.74) is -0.00809. The Hall–Kier alpha value is -3.12. The van der Waals surface area contributed by atoms with Crippen molar-refractivity contribution in [3.63, 3.8) is 0 Å². The molecule has 0 atom stereocenters. The van der Waals surface area contributed by atoms with Crippen LogP contribution in [0, 0.1) is 21.4 Å². The van der Waals surface area contributed by atoms with E-state index in [0.717, 1.165) is 6.07 Å². The average molecular weight is 333 g/mol. The van der Waals surface area contributed by atoms with E-state index in [0.29, 0.717) is 5.56 Å². The van der Waals surface area contributed by atoms with E-state index in [1.54, 1.807) is 0 Å². The first-order valence-electron chi connectivity index (χ1n) is 6.23. The Balaban J connectivity index is 2.41. The lowest BCUT2D eigenvalue weighted by molar-refractivity contribution is -0.384. The van der Waals surface area contributed by atoms with Crippen molar-refractivity contribution in [2.75, 3.05) is 11.8 Å². The van der Waals surface area contributed by atoms with Gasteiger partial charge in [-0.3, -0.25) is 14.8 Å². The number of sulfonamides is 1. The minimum atomic E-state index is -3.98. The molecule has 0 aliphatic carbocycles. The van der Waals surface area contributed by atoms with Gasteiger partial charge in [-0.2, -0.15) is 5.26 Å². The normalized spacial score (nSPS) is 10.6. The Morgan fingerprint density at radius 1 is 1.22 bits per heavy atom. The summed E-state index contributed by atoms with van der Waals surface area (Å²) in [5.74, 6) is 0.146. The molecule has 0 spiro atoms. The van der Waals surface area contributed by atoms with Crippen LogP contribution in [0.2, 0.25) is 0 Å². The molecule has 9 heteroatoms. The van der Waals surface area contributed by atoms with E-state index < -0.39 is 14.9 Å². The maximum Gasteiger partial charge on any atom is 0.271 e. The summed E-state index contributed by atoms with van der Waals surface area (Å²) >= 11 is 0. The third-order valence-electron chi connectivity index (χ3n) is 2.93. The second-order valence-corrected chi connectivity index (χ2v) is 6.07. The quantitative estimate of drug-likeness (QED) is 0.661. The fourth-order valence-electron chi connectivity index (χ4n) is 1.80. The first kappa shape index (κ1) is 16.3. The number of methoxy groups -OCH3 is 1. The molecule has 0 aliphatic rings. The molecule has 2 rings (SSSR count). The molecule has 2 aromatic carbocycles. The van der Waals surface area contributed by atoms with Crippen molar-refractivity contribution in [2.24, 2.45) is 0 Å². The first-order chi connectivity index (χ1) is 10.9. The molecule has 0 aliphatic heterocycles. The Kier molecular flexibility index (Phi) is 4.47. The standard InChI is InChI=1S/C14H11N3O5S/c1-22-14-7-4-11(17(18)19)8-13(14)16-23(20,21)12-5-2-10(9-15)3-6-12/h2-8,16H,1H3. The largest absolute Gasteiger partial charge is 0.495 e. The SMILES string of the molecule is COc1ccc([N+](=O)[O-])cc1NS(=O)(=O)c1ccc(C#N)cc1. The number of hydrogen-bond acceptors (Lipinski definition) is 6. The number of rotatable bonds is 5. The van der Waals surface area contributed by atoms with Crippen LogP contribution in [0.4, 0.5) is 11.4 Å². The molecule has 0 aromatic heterocycles. The molecule has 0 radical (unpaired) electrons. The topological polar surface area (TPSA) is 122 Å². The summed E-state index contributed by atoms with van der Waals surface area (Å²) in [6.07, 6.45) is 0. The Bertz CT molecular complexity index is 886. The number of anilines is 1. The van der Waals surface area contributed by atoms with Crippen molar-refractivity contribution in [3.05, 3.63) is 58.1 Å². The van der Waals surface area contributed by atoms with Crippen LogP contribution in [0.25, 0.3) is 0 Å². The third kappa shape index (κ3) is 3.56. The van der Waals surface area contributed by atoms with Gasteiger partial charge in [0.2, 0.25) is 0 Å². The highest BCUT2D eigenvalue weighted by Gasteiger charge is 2.19. The number of nitro groups is 1. The van der Waals surface area contributed by atoms with Crippen molar-refractivity contribution < 1.29 is 18.1 Å². The fraction of sp³-hybridized carbons (Fsp3) is 0.0714. The van der Waals surface area contributed by atoms with Gasteiger partial charge < -0.3 is 4.74 Å². The molecule has 118 valence electrons. The van der Waals surface area contributed by atoms with Gasteiger partial charge in [-0.1, -0.05) is 0 Å². The van der Waals surface area contributed by atoms with Gasteiger partial charge in [-0.15, -0.1) is 0 Å². The molecule has 0 saturated carbocycles. The lowest BCUT2D eigenvalue weighted by Gasteiger charge is -2.11. The minimum Gasteiger partial charge on any atom is -0.495 e. The second kappa shape index (κ2) is 6.33. The van der Waals surface area contributed by atoms with Crippen LogP contribution in [0.5, 0.6) is 5.75 Å². The van der Waals surface area contributed by atoms with Crippen LogP contribution in [-0.4, -0.2) is 20.5 Å². The van der Waals surface area contributed by atoms with Crippen LogP contribution in [0.1, 0.15) is 5.56 Å². The zero-order chi connectivity index (χ0) is 17.0. The van der Waals surface area contributed by atoms with Gasteiger partial charge in [-0.25, -0.2) is 8.42 Å². The lowest BCUT2D eigenvalue weighted by Crippen LogP contribution is -2.13. The fourth-order valence-corrected chi connectivity index (χ4v) is 2.86. The number of nitrogens with one attached hydrogen (secondary N) is 1. The molecule has 8 nitrogen and oxygen atoms in total. The molecular weight excluding hydrogens is 322 g/mol. The number of ether oxygens (including phenoxy) is 1. The third-order valence-corrected chi connectivity index (χ3v) is 4.31. The number of hydrogen-bond donors (Lipinski definition) is 1. The van der Waals surface area contributed by atoms with Gasteiger partial charge in [0.15, 0.2) is 0 Å². The van der Waals surface area contributed by atoms with E-state index >= 15 is 0 Å². The summed E-state index contributed by atoms with van der Waals surface area (Å²) in [7, 11) is -2.66. The number of benzene rings is 2. The van der Waals surface area contributed by atoms with Crippen LogP contribution in [0.15, 0.2) is 47.4 Å². The summed E-state index contributed by atoms with van der Waals surface area (Å²) in [6, 6.07) is 10.7. The predicted molar refractivity (Wildman–Crippen MR) is 81.6 cm³/mol. The van der Waals surface area contributed by atoms with E-state index in [1.807, 2.05) is 6.07 Å². The first-order valence-corrected chi connectivity index (χ1v) is 7.71. The zero-order valence-electron chi connectivity index (χ0n) is 11.9. The Morgan fingerprint density at radius 2 is 1.87 bits per heavy atom.